The van der Waals surface area contributed by atoms with Gasteiger partial charge in [0.25, 0.3) is 0 Å². The second-order valence-electron chi connectivity index (χ2n) is 9.42. The van der Waals surface area contributed by atoms with E-state index in [1.54, 1.807) is 0 Å². The molecule has 0 bridgehead atoms. The van der Waals surface area contributed by atoms with E-state index in [0.717, 1.165) is 55.7 Å². The highest BCUT2D eigenvalue weighted by atomic mass is 16.6. The Labute approximate surface area is 195 Å². The molecule has 0 amide bonds. The average molecular weight is 445 g/mol. The zero-order valence-corrected chi connectivity index (χ0v) is 20.2. The molecule has 4 rings (SSSR count). The molecule has 5 nitrogen and oxygen atoms in total. The van der Waals surface area contributed by atoms with Crippen LogP contribution in [0, 0.1) is 5.92 Å². The number of nitrogens with one attached hydrogen (secondary N) is 1. The minimum Gasteiger partial charge on any atom is -0.486 e. The van der Waals surface area contributed by atoms with Crippen molar-refractivity contribution in [2.24, 2.45) is 5.92 Å². The molecule has 1 aromatic carbocycles. The molecule has 3 aliphatic rings. The van der Waals surface area contributed by atoms with Crippen molar-refractivity contribution in [2.45, 2.75) is 64.2 Å². The van der Waals surface area contributed by atoms with Gasteiger partial charge >= 0.3 is 0 Å². The standard InChI is InChI=1S/C22H33NO3.C5H11N/c1-18(5-3-2-4-6-19-10-13-24-14-11-19)23-12-9-20-7-8-21-22(17-20)26-16-15-25-21;1-6-4-2-3-5-6/h7-8,17,19,23H,1-6,9-16H2;2-5H2,1H3. The maximum atomic E-state index is 5.64. The van der Waals surface area contributed by atoms with Crippen LogP contribution in [0.2, 0.25) is 0 Å². The van der Waals surface area contributed by atoms with Crippen LogP contribution in [-0.4, -0.2) is 58.0 Å². The fraction of sp³-hybridized carbons (Fsp3) is 0.704. The summed E-state index contributed by atoms with van der Waals surface area (Å²) in [4.78, 5) is 2.36. The highest BCUT2D eigenvalue weighted by molar-refractivity contribution is 5.43. The Morgan fingerprint density at radius 1 is 1.00 bits per heavy atom. The fourth-order valence-electron chi connectivity index (χ4n) is 4.57. The first-order valence-electron chi connectivity index (χ1n) is 12.8. The molecule has 1 N–H and O–H groups in total. The van der Waals surface area contributed by atoms with Crippen molar-refractivity contribution in [3.63, 3.8) is 0 Å². The Morgan fingerprint density at radius 2 is 1.75 bits per heavy atom. The van der Waals surface area contributed by atoms with Gasteiger partial charge in [-0.2, -0.15) is 0 Å². The Kier molecular flexibility index (Phi) is 11.2. The Balaban J connectivity index is 0.000000416. The number of rotatable bonds is 10. The van der Waals surface area contributed by atoms with Gasteiger partial charge in [-0.15, -0.1) is 0 Å². The predicted octanol–water partition coefficient (Wildman–Crippen LogP) is 5.19. The third-order valence-electron chi connectivity index (χ3n) is 6.66. The van der Waals surface area contributed by atoms with Gasteiger partial charge in [-0.25, -0.2) is 0 Å². The van der Waals surface area contributed by atoms with Crippen LogP contribution in [0.1, 0.15) is 63.4 Å². The zero-order chi connectivity index (χ0) is 22.4. The van der Waals surface area contributed by atoms with E-state index in [1.165, 1.54) is 70.0 Å². The normalized spacial score (nSPS) is 18.7. The number of nitrogens with zero attached hydrogens (tertiary/aromatic N) is 1. The van der Waals surface area contributed by atoms with E-state index in [-0.39, 0.29) is 0 Å². The molecule has 0 aromatic heterocycles. The van der Waals surface area contributed by atoms with Gasteiger partial charge in [-0.05, 0) is 88.7 Å². The second kappa shape index (κ2) is 14.4. The largest absolute Gasteiger partial charge is 0.486 e. The van der Waals surface area contributed by atoms with E-state index in [0.29, 0.717) is 13.2 Å². The number of fused-ring (bicyclic) bond motifs is 1. The van der Waals surface area contributed by atoms with Gasteiger partial charge in [0.1, 0.15) is 13.2 Å². The Morgan fingerprint density at radius 3 is 2.47 bits per heavy atom. The highest BCUT2D eigenvalue weighted by Crippen LogP contribution is 2.30. The first-order chi connectivity index (χ1) is 15.7. The SMILES string of the molecule is C=C(CCCCCC1CCOCC1)NCCc1ccc2c(c1)OCCO2.CN1CCCC1. The molecule has 2 saturated heterocycles. The van der Waals surface area contributed by atoms with Crippen LogP contribution in [0.4, 0.5) is 0 Å². The number of benzene rings is 1. The van der Waals surface area contributed by atoms with Gasteiger partial charge in [0.2, 0.25) is 0 Å². The molecule has 0 saturated carbocycles. The summed E-state index contributed by atoms with van der Waals surface area (Å²) in [5, 5.41) is 3.47. The van der Waals surface area contributed by atoms with E-state index in [9.17, 15) is 0 Å². The van der Waals surface area contributed by atoms with Crippen LogP contribution < -0.4 is 14.8 Å². The van der Waals surface area contributed by atoms with E-state index in [4.69, 9.17) is 14.2 Å². The first kappa shape index (κ1) is 24.9. The van der Waals surface area contributed by atoms with Crippen molar-refractivity contribution in [3.05, 3.63) is 36.0 Å². The molecule has 3 heterocycles. The van der Waals surface area contributed by atoms with E-state index in [1.807, 2.05) is 6.07 Å². The Bertz CT molecular complexity index is 667. The minimum absolute atomic E-state index is 0.639. The number of hydrogen-bond donors (Lipinski definition) is 1. The van der Waals surface area contributed by atoms with Gasteiger partial charge in [0.05, 0.1) is 0 Å². The molecule has 0 aliphatic carbocycles. The third kappa shape index (κ3) is 9.41. The highest BCUT2D eigenvalue weighted by Gasteiger charge is 2.13. The third-order valence-corrected chi connectivity index (χ3v) is 6.66. The molecule has 1 aromatic rings. The van der Waals surface area contributed by atoms with E-state index >= 15 is 0 Å². The summed E-state index contributed by atoms with van der Waals surface area (Å²) in [5.74, 6) is 2.63. The lowest BCUT2D eigenvalue weighted by atomic mass is 9.93. The van der Waals surface area contributed by atoms with E-state index < -0.39 is 0 Å². The average Bonchev–Trinajstić information content (AvgIpc) is 3.31. The molecule has 0 radical (unpaired) electrons. The quantitative estimate of drug-likeness (QED) is 0.503. The van der Waals surface area contributed by atoms with Crippen LogP contribution >= 0.6 is 0 Å². The number of hydrogen-bond acceptors (Lipinski definition) is 5. The topological polar surface area (TPSA) is 43.0 Å². The molecular weight excluding hydrogens is 400 g/mol. The van der Waals surface area contributed by atoms with Crippen LogP contribution in [-0.2, 0) is 11.2 Å². The molecule has 2 fully saturated rings. The summed E-state index contributed by atoms with van der Waals surface area (Å²) in [6.07, 6.45) is 12.6. The van der Waals surface area contributed by atoms with Gasteiger partial charge in [-0.3, -0.25) is 0 Å². The lowest BCUT2D eigenvalue weighted by Gasteiger charge is -2.21. The molecule has 32 heavy (non-hydrogen) atoms. The molecule has 3 aliphatic heterocycles. The smallest absolute Gasteiger partial charge is 0.161 e. The van der Waals surface area contributed by atoms with Crippen molar-refractivity contribution in [1.82, 2.24) is 10.2 Å². The van der Waals surface area contributed by atoms with Crippen LogP contribution in [0.15, 0.2) is 30.5 Å². The molecule has 0 atom stereocenters. The maximum absolute atomic E-state index is 5.64. The summed E-state index contributed by atoms with van der Waals surface area (Å²) >= 11 is 0. The summed E-state index contributed by atoms with van der Waals surface area (Å²) in [7, 11) is 2.17. The van der Waals surface area contributed by atoms with Gasteiger partial charge in [-0.1, -0.05) is 31.9 Å². The molecule has 180 valence electrons. The second-order valence-corrected chi connectivity index (χ2v) is 9.42. The summed E-state index contributed by atoms with van der Waals surface area (Å²) in [5.41, 5.74) is 2.43. The summed E-state index contributed by atoms with van der Waals surface area (Å²) < 4.78 is 16.6. The van der Waals surface area contributed by atoms with Gasteiger partial charge in [0.15, 0.2) is 11.5 Å². The Hall–Kier alpha value is -1.72. The zero-order valence-electron chi connectivity index (χ0n) is 20.2. The number of allylic oxidation sites excluding steroid dienone is 1. The van der Waals surface area contributed by atoms with Crippen molar-refractivity contribution >= 4 is 0 Å². The monoisotopic (exact) mass is 444 g/mol. The predicted molar refractivity (Wildman–Crippen MR) is 132 cm³/mol. The van der Waals surface area contributed by atoms with Crippen molar-refractivity contribution in [3.8, 4) is 11.5 Å². The fourth-order valence-corrected chi connectivity index (χ4v) is 4.57. The van der Waals surface area contributed by atoms with Crippen molar-refractivity contribution < 1.29 is 14.2 Å². The van der Waals surface area contributed by atoms with Gasteiger partial charge < -0.3 is 24.4 Å². The van der Waals surface area contributed by atoms with Crippen LogP contribution in [0.3, 0.4) is 0 Å². The van der Waals surface area contributed by atoms with Crippen molar-refractivity contribution in [2.75, 3.05) is 53.1 Å². The summed E-state index contributed by atoms with van der Waals surface area (Å²) in [6, 6.07) is 6.22. The van der Waals surface area contributed by atoms with Crippen LogP contribution in [0.5, 0.6) is 11.5 Å². The molecular formula is C27H44N2O3. The summed E-state index contributed by atoms with van der Waals surface area (Å²) in [6.45, 7) is 10.9. The lowest BCUT2D eigenvalue weighted by molar-refractivity contribution is 0.0631. The maximum Gasteiger partial charge on any atom is 0.161 e. The van der Waals surface area contributed by atoms with E-state index in [2.05, 4.69) is 36.0 Å². The van der Waals surface area contributed by atoms with Crippen LogP contribution in [0.25, 0.3) is 0 Å². The number of unbranched alkanes of at least 4 members (excludes halogenated alkanes) is 2. The van der Waals surface area contributed by atoms with Crippen molar-refractivity contribution in [1.29, 1.82) is 0 Å². The molecule has 5 heteroatoms. The van der Waals surface area contributed by atoms with Gasteiger partial charge in [0, 0.05) is 25.5 Å². The first-order valence-corrected chi connectivity index (χ1v) is 12.8. The molecule has 0 spiro atoms. The number of likely N-dealkylation sites (tertiary alicyclic amines) is 1. The number of ether oxygens (including phenoxy) is 3. The molecule has 0 unspecified atom stereocenters. The minimum atomic E-state index is 0.639. The lowest BCUT2D eigenvalue weighted by Crippen LogP contribution is -2.17.